The fourth-order valence-electron chi connectivity index (χ4n) is 6.09. The highest BCUT2D eigenvalue weighted by Gasteiger charge is 2.27. The Morgan fingerprint density at radius 1 is 1.00 bits per heavy atom. The van der Waals surface area contributed by atoms with Crippen molar-refractivity contribution in [3.8, 4) is 5.75 Å². The molecule has 1 unspecified atom stereocenters. The number of ether oxygens (including phenoxy) is 1. The van der Waals surface area contributed by atoms with E-state index in [4.69, 9.17) is 4.74 Å². The van der Waals surface area contributed by atoms with Crippen LogP contribution in [-0.2, 0) is 35.3 Å². The second-order valence-electron chi connectivity index (χ2n) is 10.6. The van der Waals surface area contributed by atoms with Gasteiger partial charge in [-0.05, 0) is 87.5 Å². The number of H-pyrrole nitrogens is 1. The van der Waals surface area contributed by atoms with Crippen molar-refractivity contribution in [1.29, 1.82) is 0 Å². The molecule has 1 atom stereocenters. The number of nitrogens with zero attached hydrogens (tertiary/aromatic N) is 3. The first kappa shape index (κ1) is 24.8. The number of nitrogens with one attached hydrogen (secondary N) is 1. The molecule has 2 amide bonds. The van der Waals surface area contributed by atoms with Crippen LogP contribution in [0.1, 0.15) is 80.3 Å². The SMILES string of the molecule is O=C(CCc1n[nH]c2c1CCCC2)N1CCCC(=O)N2CCCCC2CCc2cccc(c2)OCC1. The summed E-state index contributed by atoms with van der Waals surface area (Å²) in [4.78, 5) is 30.4. The first-order valence-corrected chi connectivity index (χ1v) is 14.0. The topological polar surface area (TPSA) is 78.5 Å². The van der Waals surface area contributed by atoms with E-state index in [9.17, 15) is 9.59 Å². The smallest absolute Gasteiger partial charge is 0.223 e. The molecule has 1 saturated heterocycles. The predicted molar refractivity (Wildman–Crippen MR) is 139 cm³/mol. The van der Waals surface area contributed by atoms with Gasteiger partial charge in [0.1, 0.15) is 12.4 Å². The Hall–Kier alpha value is -2.83. The zero-order valence-corrected chi connectivity index (χ0v) is 21.5. The highest BCUT2D eigenvalue weighted by atomic mass is 16.5. The van der Waals surface area contributed by atoms with Crippen LogP contribution in [0, 0.1) is 0 Å². The van der Waals surface area contributed by atoms with Crippen LogP contribution in [0.3, 0.4) is 0 Å². The van der Waals surface area contributed by atoms with E-state index < -0.39 is 0 Å². The number of fused-ring (bicyclic) bond motifs is 4. The Morgan fingerprint density at radius 2 is 1.92 bits per heavy atom. The van der Waals surface area contributed by atoms with E-state index in [0.29, 0.717) is 51.4 Å². The Balaban J connectivity index is 1.25. The third-order valence-corrected chi connectivity index (χ3v) is 8.13. The minimum Gasteiger partial charge on any atom is -0.492 e. The van der Waals surface area contributed by atoms with Crippen LogP contribution in [0.15, 0.2) is 24.3 Å². The highest BCUT2D eigenvalue weighted by Crippen LogP contribution is 2.25. The number of benzene rings is 1. The summed E-state index contributed by atoms with van der Waals surface area (Å²) in [6, 6.07) is 8.61. The molecule has 1 fully saturated rings. The number of rotatable bonds is 3. The third-order valence-electron chi connectivity index (χ3n) is 8.13. The molecular formula is C29H40N4O3. The van der Waals surface area contributed by atoms with Crippen molar-refractivity contribution >= 4 is 11.8 Å². The van der Waals surface area contributed by atoms with Crippen molar-refractivity contribution in [2.75, 3.05) is 26.2 Å². The third kappa shape index (κ3) is 6.11. The first-order valence-electron chi connectivity index (χ1n) is 14.0. The Kier molecular flexibility index (Phi) is 8.24. The number of aromatic amines is 1. The summed E-state index contributed by atoms with van der Waals surface area (Å²) in [5, 5.41) is 7.70. The highest BCUT2D eigenvalue weighted by molar-refractivity contribution is 5.78. The summed E-state index contributed by atoms with van der Waals surface area (Å²) in [6.45, 7) is 2.44. The standard InChI is InChI=1S/C29H40N4O3/c34-28(16-15-27-25-10-1-2-11-26(25)30-31-27)32-17-6-12-29(35)33-18-4-3-8-23(33)14-13-22-7-5-9-24(21-22)36-20-19-32/h5,7,9,21,23H,1-4,6,8,10-20H2,(H,30,31). The maximum atomic E-state index is 13.3. The first-order chi connectivity index (χ1) is 17.7. The number of aryl methyl sites for hydroxylation is 3. The van der Waals surface area contributed by atoms with Gasteiger partial charge >= 0.3 is 0 Å². The molecule has 0 radical (unpaired) electrons. The van der Waals surface area contributed by atoms with Crippen molar-refractivity contribution < 1.29 is 14.3 Å². The lowest BCUT2D eigenvalue weighted by atomic mass is 9.94. The fourth-order valence-corrected chi connectivity index (χ4v) is 6.09. The van der Waals surface area contributed by atoms with Gasteiger partial charge in [0, 0.05) is 44.1 Å². The van der Waals surface area contributed by atoms with Gasteiger partial charge in [-0.1, -0.05) is 12.1 Å². The molecule has 7 nitrogen and oxygen atoms in total. The van der Waals surface area contributed by atoms with Gasteiger partial charge < -0.3 is 14.5 Å². The average molecular weight is 493 g/mol. The minimum atomic E-state index is 0.118. The van der Waals surface area contributed by atoms with Crippen molar-refractivity contribution in [3.05, 3.63) is 46.8 Å². The molecule has 7 heteroatoms. The van der Waals surface area contributed by atoms with E-state index in [1.807, 2.05) is 17.0 Å². The number of piperidine rings is 1. The lowest BCUT2D eigenvalue weighted by molar-refractivity contribution is -0.136. The number of aromatic nitrogens is 2. The summed E-state index contributed by atoms with van der Waals surface area (Å²) in [6.07, 6.45) is 12.2. The Bertz CT molecular complexity index is 1050. The van der Waals surface area contributed by atoms with Crippen molar-refractivity contribution in [2.24, 2.45) is 0 Å². The van der Waals surface area contributed by atoms with E-state index >= 15 is 0 Å². The van der Waals surface area contributed by atoms with Gasteiger partial charge in [-0.2, -0.15) is 5.10 Å². The average Bonchev–Trinajstić information content (AvgIpc) is 3.32. The molecule has 1 aromatic heterocycles. The molecule has 194 valence electrons. The second kappa shape index (κ2) is 11.9. The fraction of sp³-hybridized carbons (Fsp3) is 0.621. The van der Waals surface area contributed by atoms with Gasteiger partial charge in [-0.15, -0.1) is 0 Å². The van der Waals surface area contributed by atoms with Crippen LogP contribution >= 0.6 is 0 Å². The zero-order valence-electron chi connectivity index (χ0n) is 21.5. The van der Waals surface area contributed by atoms with Crippen LogP contribution < -0.4 is 4.74 Å². The summed E-state index contributed by atoms with van der Waals surface area (Å²) in [7, 11) is 0. The maximum absolute atomic E-state index is 13.3. The van der Waals surface area contributed by atoms with Gasteiger partial charge in [0.15, 0.2) is 0 Å². The van der Waals surface area contributed by atoms with Crippen LogP contribution in [0.2, 0.25) is 0 Å². The second-order valence-corrected chi connectivity index (χ2v) is 10.6. The van der Waals surface area contributed by atoms with Gasteiger partial charge in [0.05, 0.1) is 12.2 Å². The van der Waals surface area contributed by atoms with Crippen LogP contribution in [0.5, 0.6) is 5.75 Å². The molecule has 2 aromatic rings. The van der Waals surface area contributed by atoms with Gasteiger partial charge in [-0.25, -0.2) is 0 Å². The summed E-state index contributed by atoms with van der Waals surface area (Å²) >= 11 is 0. The molecule has 0 spiro atoms. The molecule has 1 aromatic carbocycles. The van der Waals surface area contributed by atoms with Gasteiger partial charge in [-0.3, -0.25) is 14.7 Å². The number of amides is 2. The lowest BCUT2D eigenvalue weighted by Crippen LogP contribution is -2.44. The zero-order chi connectivity index (χ0) is 24.7. The molecule has 36 heavy (non-hydrogen) atoms. The normalized spacial score (nSPS) is 21.6. The molecule has 2 aliphatic heterocycles. The van der Waals surface area contributed by atoms with Crippen molar-refractivity contribution in [1.82, 2.24) is 20.0 Å². The molecule has 1 N–H and O–H groups in total. The molecule has 3 aliphatic rings. The van der Waals surface area contributed by atoms with Crippen LogP contribution in [0.25, 0.3) is 0 Å². The summed E-state index contributed by atoms with van der Waals surface area (Å²) in [5.41, 5.74) is 4.88. The van der Waals surface area contributed by atoms with Gasteiger partial charge in [0.2, 0.25) is 11.8 Å². The van der Waals surface area contributed by atoms with E-state index in [-0.39, 0.29) is 11.8 Å². The molecule has 5 rings (SSSR count). The number of hydrogen-bond acceptors (Lipinski definition) is 4. The molecule has 1 aliphatic carbocycles. The number of hydrogen-bond donors (Lipinski definition) is 1. The van der Waals surface area contributed by atoms with Gasteiger partial charge in [0.25, 0.3) is 0 Å². The Labute approximate surface area is 214 Å². The number of carbonyl (C=O) groups excluding carboxylic acids is 2. The predicted octanol–water partition coefficient (Wildman–Crippen LogP) is 4.24. The summed E-state index contributed by atoms with van der Waals surface area (Å²) < 4.78 is 6.07. The quantitative estimate of drug-likeness (QED) is 0.695. The number of carbonyl (C=O) groups is 2. The van der Waals surface area contributed by atoms with Crippen molar-refractivity contribution in [3.63, 3.8) is 0 Å². The summed E-state index contributed by atoms with van der Waals surface area (Å²) in [5.74, 6) is 1.22. The van der Waals surface area contributed by atoms with E-state index in [1.165, 1.54) is 36.1 Å². The Morgan fingerprint density at radius 3 is 2.86 bits per heavy atom. The van der Waals surface area contributed by atoms with E-state index in [2.05, 4.69) is 27.2 Å². The minimum absolute atomic E-state index is 0.118. The molecule has 2 bridgehead atoms. The van der Waals surface area contributed by atoms with E-state index in [0.717, 1.165) is 56.5 Å². The van der Waals surface area contributed by atoms with Crippen LogP contribution in [0.4, 0.5) is 0 Å². The van der Waals surface area contributed by atoms with Crippen LogP contribution in [-0.4, -0.2) is 64.1 Å². The molecule has 0 saturated carbocycles. The molecule has 3 heterocycles. The van der Waals surface area contributed by atoms with E-state index in [1.54, 1.807) is 0 Å². The van der Waals surface area contributed by atoms with Crippen molar-refractivity contribution in [2.45, 2.75) is 89.5 Å². The maximum Gasteiger partial charge on any atom is 0.223 e. The largest absolute Gasteiger partial charge is 0.492 e. The monoisotopic (exact) mass is 492 g/mol. The lowest BCUT2D eigenvalue weighted by Gasteiger charge is -2.36. The molecular weight excluding hydrogens is 452 g/mol.